The lowest BCUT2D eigenvalue weighted by Crippen LogP contribution is -2.32. The van der Waals surface area contributed by atoms with Crippen LogP contribution in [0.5, 0.6) is 5.75 Å². The molecular formula is C28H28ClN3O4. The lowest BCUT2D eigenvalue weighted by atomic mass is 10.1. The second kappa shape index (κ2) is 11.3. The third kappa shape index (κ3) is 6.43. The normalized spacial score (nSPS) is 15.0. The van der Waals surface area contributed by atoms with Gasteiger partial charge in [-0.15, -0.1) is 0 Å². The highest BCUT2D eigenvalue weighted by atomic mass is 35.5. The first-order chi connectivity index (χ1) is 17.3. The molecule has 4 rings (SSSR count). The lowest BCUT2D eigenvalue weighted by molar-refractivity contribution is -0.126. The monoisotopic (exact) mass is 505 g/mol. The van der Waals surface area contributed by atoms with Gasteiger partial charge in [-0.1, -0.05) is 29.8 Å². The highest BCUT2D eigenvalue weighted by Crippen LogP contribution is 2.27. The average molecular weight is 506 g/mol. The summed E-state index contributed by atoms with van der Waals surface area (Å²) in [5, 5.41) is 6.35. The van der Waals surface area contributed by atoms with Crippen molar-refractivity contribution in [3.8, 4) is 5.75 Å². The van der Waals surface area contributed by atoms with Crippen LogP contribution in [0.15, 0.2) is 66.7 Å². The van der Waals surface area contributed by atoms with E-state index in [0.717, 1.165) is 22.4 Å². The maximum Gasteiger partial charge on any atom is 0.262 e. The lowest BCUT2D eigenvalue weighted by Gasteiger charge is -2.17. The Morgan fingerprint density at radius 1 is 1.00 bits per heavy atom. The number of hydrogen-bond acceptors (Lipinski definition) is 4. The molecule has 0 saturated carbocycles. The van der Waals surface area contributed by atoms with Crippen molar-refractivity contribution < 1.29 is 19.1 Å². The summed E-state index contributed by atoms with van der Waals surface area (Å²) in [6, 6.07) is 19.9. The van der Waals surface area contributed by atoms with Gasteiger partial charge in [-0.2, -0.15) is 0 Å². The molecule has 186 valence electrons. The first-order valence-electron chi connectivity index (χ1n) is 11.7. The Labute approximate surface area is 215 Å². The van der Waals surface area contributed by atoms with Gasteiger partial charge < -0.3 is 20.3 Å². The molecule has 1 atom stereocenters. The van der Waals surface area contributed by atoms with Crippen molar-refractivity contribution >= 4 is 40.7 Å². The van der Waals surface area contributed by atoms with E-state index in [2.05, 4.69) is 10.6 Å². The molecule has 1 fully saturated rings. The molecule has 0 aliphatic carbocycles. The van der Waals surface area contributed by atoms with Crippen LogP contribution in [0.25, 0.3) is 0 Å². The molecule has 0 radical (unpaired) electrons. The van der Waals surface area contributed by atoms with Crippen LogP contribution < -0.4 is 20.3 Å². The average Bonchev–Trinajstić information content (AvgIpc) is 3.26. The Bertz CT molecular complexity index is 1260. The van der Waals surface area contributed by atoms with Gasteiger partial charge in [-0.05, 0) is 79.1 Å². The number of nitrogens with one attached hydrogen (secondary N) is 2. The van der Waals surface area contributed by atoms with Gasteiger partial charge >= 0.3 is 0 Å². The van der Waals surface area contributed by atoms with E-state index in [1.165, 1.54) is 0 Å². The van der Waals surface area contributed by atoms with Crippen LogP contribution in [-0.2, 0) is 20.9 Å². The zero-order valence-electron chi connectivity index (χ0n) is 20.2. The van der Waals surface area contributed by atoms with Crippen molar-refractivity contribution in [2.45, 2.75) is 26.8 Å². The van der Waals surface area contributed by atoms with Gasteiger partial charge in [0.1, 0.15) is 5.75 Å². The molecule has 1 aliphatic rings. The fourth-order valence-corrected chi connectivity index (χ4v) is 4.08. The molecule has 36 heavy (non-hydrogen) atoms. The van der Waals surface area contributed by atoms with Crippen molar-refractivity contribution in [1.82, 2.24) is 5.32 Å². The smallest absolute Gasteiger partial charge is 0.262 e. The fourth-order valence-electron chi connectivity index (χ4n) is 3.96. The first-order valence-corrected chi connectivity index (χ1v) is 12.1. The van der Waals surface area contributed by atoms with Crippen molar-refractivity contribution in [2.24, 2.45) is 5.92 Å². The van der Waals surface area contributed by atoms with Gasteiger partial charge in [-0.25, -0.2) is 0 Å². The number of aryl methyl sites for hydroxylation is 2. The number of rotatable bonds is 8. The van der Waals surface area contributed by atoms with E-state index in [1.807, 2.05) is 44.2 Å². The number of hydrogen-bond donors (Lipinski definition) is 2. The van der Waals surface area contributed by atoms with Gasteiger partial charge in [0.05, 0.1) is 5.92 Å². The summed E-state index contributed by atoms with van der Waals surface area (Å²) in [4.78, 5) is 39.0. The first kappa shape index (κ1) is 25.3. The summed E-state index contributed by atoms with van der Waals surface area (Å²) >= 11 is 5.89. The number of carbonyl (C=O) groups is 3. The van der Waals surface area contributed by atoms with Gasteiger partial charge in [0.15, 0.2) is 6.61 Å². The number of benzene rings is 3. The summed E-state index contributed by atoms with van der Waals surface area (Å²) < 4.78 is 5.59. The highest BCUT2D eigenvalue weighted by molar-refractivity contribution is 6.30. The summed E-state index contributed by atoms with van der Waals surface area (Å²) in [6.07, 6.45) is 0.156. The van der Waals surface area contributed by atoms with Crippen LogP contribution in [0.3, 0.4) is 0 Å². The maximum absolute atomic E-state index is 12.6. The summed E-state index contributed by atoms with van der Waals surface area (Å²) in [5.74, 6) is -0.434. The van der Waals surface area contributed by atoms with Gasteiger partial charge in [0.2, 0.25) is 11.8 Å². The van der Waals surface area contributed by atoms with Gasteiger partial charge in [0, 0.05) is 35.9 Å². The van der Waals surface area contributed by atoms with Crippen LogP contribution >= 0.6 is 11.6 Å². The number of halogens is 1. The molecule has 3 aromatic carbocycles. The standard InChI is InChI=1S/C28H28ClN3O4/c1-18-3-8-23(13-19(18)2)31-26(33)17-36-25-11-9-24(10-12-25)32-16-21(14-27(32)34)28(35)30-15-20-4-6-22(29)7-5-20/h3-13,21H,14-17H2,1-2H3,(H,30,35)(H,31,33)/t21-/m1/s1. The van der Waals surface area contributed by atoms with Crippen molar-refractivity contribution in [2.75, 3.05) is 23.4 Å². The fraction of sp³-hybridized carbons (Fsp3) is 0.250. The molecule has 8 heteroatoms. The number of nitrogens with zero attached hydrogens (tertiary/aromatic N) is 1. The zero-order valence-corrected chi connectivity index (χ0v) is 21.0. The molecule has 1 heterocycles. The minimum Gasteiger partial charge on any atom is -0.484 e. The van der Waals surface area contributed by atoms with E-state index in [1.54, 1.807) is 41.3 Å². The minimum atomic E-state index is -0.421. The quantitative estimate of drug-likeness (QED) is 0.466. The van der Waals surface area contributed by atoms with E-state index < -0.39 is 5.92 Å². The second-order valence-electron chi connectivity index (χ2n) is 8.88. The Kier molecular flexibility index (Phi) is 7.90. The largest absolute Gasteiger partial charge is 0.484 e. The zero-order chi connectivity index (χ0) is 25.7. The van der Waals surface area contributed by atoms with Crippen LogP contribution in [0, 0.1) is 19.8 Å². The van der Waals surface area contributed by atoms with E-state index in [0.29, 0.717) is 29.5 Å². The van der Waals surface area contributed by atoms with Crippen LogP contribution in [0.2, 0.25) is 5.02 Å². The third-order valence-electron chi connectivity index (χ3n) is 6.18. The molecular weight excluding hydrogens is 478 g/mol. The SMILES string of the molecule is Cc1ccc(NC(=O)COc2ccc(N3C[C@H](C(=O)NCc4ccc(Cl)cc4)CC3=O)cc2)cc1C. The maximum atomic E-state index is 12.6. The summed E-state index contributed by atoms with van der Waals surface area (Å²) in [5.41, 5.74) is 4.60. The summed E-state index contributed by atoms with van der Waals surface area (Å²) in [6.45, 7) is 4.56. The molecule has 0 unspecified atom stereocenters. The molecule has 3 amide bonds. The number of anilines is 2. The molecule has 0 aromatic heterocycles. The Morgan fingerprint density at radius 2 is 1.72 bits per heavy atom. The van der Waals surface area contributed by atoms with Crippen molar-refractivity contribution in [3.05, 3.63) is 88.4 Å². The molecule has 7 nitrogen and oxygen atoms in total. The second-order valence-corrected chi connectivity index (χ2v) is 9.32. The van der Waals surface area contributed by atoms with E-state index in [-0.39, 0.29) is 30.7 Å². The molecule has 2 N–H and O–H groups in total. The van der Waals surface area contributed by atoms with Gasteiger partial charge in [0.25, 0.3) is 5.91 Å². The van der Waals surface area contributed by atoms with E-state index in [4.69, 9.17) is 16.3 Å². The Morgan fingerprint density at radius 3 is 2.42 bits per heavy atom. The third-order valence-corrected chi connectivity index (χ3v) is 6.44. The Hall–Kier alpha value is -3.84. The van der Waals surface area contributed by atoms with Crippen LogP contribution in [0.1, 0.15) is 23.1 Å². The topological polar surface area (TPSA) is 87.7 Å². The number of carbonyl (C=O) groups excluding carboxylic acids is 3. The number of amides is 3. The molecule has 0 spiro atoms. The summed E-state index contributed by atoms with van der Waals surface area (Å²) in [7, 11) is 0. The van der Waals surface area contributed by atoms with Crippen molar-refractivity contribution in [3.63, 3.8) is 0 Å². The van der Waals surface area contributed by atoms with E-state index in [9.17, 15) is 14.4 Å². The molecule has 0 bridgehead atoms. The predicted octanol–water partition coefficient (Wildman–Crippen LogP) is 4.64. The highest BCUT2D eigenvalue weighted by Gasteiger charge is 2.35. The minimum absolute atomic E-state index is 0.108. The molecule has 1 aliphatic heterocycles. The number of ether oxygens (including phenoxy) is 1. The van der Waals surface area contributed by atoms with Crippen LogP contribution in [-0.4, -0.2) is 30.9 Å². The Balaban J connectivity index is 1.26. The van der Waals surface area contributed by atoms with Crippen LogP contribution in [0.4, 0.5) is 11.4 Å². The van der Waals surface area contributed by atoms with E-state index >= 15 is 0 Å². The molecule has 1 saturated heterocycles. The predicted molar refractivity (Wildman–Crippen MR) is 140 cm³/mol. The molecule has 3 aromatic rings. The van der Waals surface area contributed by atoms with Gasteiger partial charge in [-0.3, -0.25) is 14.4 Å². The van der Waals surface area contributed by atoms with Crippen molar-refractivity contribution in [1.29, 1.82) is 0 Å².